The molecule has 0 saturated carbocycles. The Morgan fingerprint density at radius 3 is 2.44 bits per heavy atom. The van der Waals surface area contributed by atoms with Crippen molar-refractivity contribution in [1.29, 1.82) is 0 Å². The van der Waals surface area contributed by atoms with E-state index in [1.807, 2.05) is 13.0 Å². The summed E-state index contributed by atoms with van der Waals surface area (Å²) < 4.78 is 1.40. The van der Waals surface area contributed by atoms with Gasteiger partial charge in [0, 0.05) is 18.5 Å². The minimum atomic E-state index is -1.51. The number of rotatable bonds is 2. The van der Waals surface area contributed by atoms with Crippen LogP contribution in [0, 0.1) is 6.92 Å². The Hall–Kier alpha value is -1.71. The normalized spacial score (nSPS) is 11.4. The Bertz CT molecular complexity index is 614. The van der Waals surface area contributed by atoms with Crippen molar-refractivity contribution < 1.29 is 0 Å². The molecule has 0 aromatic carbocycles. The zero-order valence-corrected chi connectivity index (χ0v) is 10.00. The van der Waals surface area contributed by atoms with Gasteiger partial charge >= 0.3 is 0 Å². The van der Waals surface area contributed by atoms with E-state index < -0.39 is 5.11 Å². The quantitative estimate of drug-likeness (QED) is 0.688. The molecule has 2 aromatic rings. The molecule has 0 atom stereocenters. The maximum atomic E-state index is 11.9. The SMILES string of the molecule is [B]C([B])([B])c1ccn(-c2ccc(C)cn2)c(=O)c1. The van der Waals surface area contributed by atoms with Crippen LogP contribution in [0.15, 0.2) is 41.5 Å². The van der Waals surface area contributed by atoms with E-state index in [2.05, 4.69) is 4.98 Å². The van der Waals surface area contributed by atoms with Crippen LogP contribution in [0.3, 0.4) is 0 Å². The monoisotopic (exact) mass is 230 g/mol. The number of nitrogens with zero attached hydrogens (tertiary/aromatic N) is 2. The lowest BCUT2D eigenvalue weighted by Gasteiger charge is -2.20. The van der Waals surface area contributed by atoms with Gasteiger partial charge in [-0.3, -0.25) is 9.36 Å². The maximum absolute atomic E-state index is 11.9. The van der Waals surface area contributed by atoms with Crippen molar-refractivity contribution in [3.63, 3.8) is 0 Å². The van der Waals surface area contributed by atoms with Gasteiger partial charge in [0.05, 0.1) is 23.5 Å². The Morgan fingerprint density at radius 2 is 1.94 bits per heavy atom. The fourth-order valence-corrected chi connectivity index (χ4v) is 1.54. The second-order valence-electron chi connectivity index (χ2n) is 4.25. The van der Waals surface area contributed by atoms with Crippen LogP contribution < -0.4 is 5.56 Å². The summed E-state index contributed by atoms with van der Waals surface area (Å²) in [7, 11) is 16.6. The summed E-state index contributed by atoms with van der Waals surface area (Å²) in [6.45, 7) is 1.92. The van der Waals surface area contributed by atoms with E-state index in [1.165, 1.54) is 10.6 Å². The van der Waals surface area contributed by atoms with Crippen molar-refractivity contribution >= 4 is 23.5 Å². The first-order chi connectivity index (χ1) is 8.38. The van der Waals surface area contributed by atoms with Crippen molar-refractivity contribution in [3.05, 3.63) is 58.1 Å². The van der Waals surface area contributed by atoms with E-state index in [0.29, 0.717) is 11.4 Å². The van der Waals surface area contributed by atoms with Crippen molar-refractivity contribution in [2.45, 2.75) is 12.0 Å². The number of aryl methyl sites for hydroxylation is 1. The fraction of sp³-hybridized carbons (Fsp3) is 0.167. The van der Waals surface area contributed by atoms with Crippen LogP contribution >= 0.6 is 0 Å². The van der Waals surface area contributed by atoms with E-state index in [1.54, 1.807) is 24.5 Å². The molecule has 3 nitrogen and oxygen atoms in total. The largest absolute Gasteiger partial charge is 0.269 e. The van der Waals surface area contributed by atoms with Gasteiger partial charge in [-0.1, -0.05) is 11.6 Å². The lowest BCUT2D eigenvalue weighted by Crippen LogP contribution is -2.30. The van der Waals surface area contributed by atoms with E-state index in [4.69, 9.17) is 23.5 Å². The van der Waals surface area contributed by atoms with Crippen LogP contribution in [-0.4, -0.2) is 33.1 Å². The highest BCUT2D eigenvalue weighted by molar-refractivity contribution is 6.58. The molecule has 0 spiro atoms. The van der Waals surface area contributed by atoms with Crippen LogP contribution in [0.4, 0.5) is 0 Å². The number of hydrogen-bond acceptors (Lipinski definition) is 2. The molecule has 0 amide bonds. The number of aromatic nitrogens is 2. The first kappa shape index (κ1) is 12.7. The second-order valence-corrected chi connectivity index (χ2v) is 4.25. The summed E-state index contributed by atoms with van der Waals surface area (Å²) in [5, 5.41) is -1.51. The second kappa shape index (κ2) is 4.52. The minimum Gasteiger partial charge on any atom is -0.269 e. The molecule has 0 aliphatic heterocycles. The van der Waals surface area contributed by atoms with E-state index in [0.717, 1.165) is 5.56 Å². The zero-order valence-electron chi connectivity index (χ0n) is 10.00. The molecule has 0 saturated heterocycles. The van der Waals surface area contributed by atoms with Crippen molar-refractivity contribution in [1.82, 2.24) is 9.55 Å². The summed E-state index contributed by atoms with van der Waals surface area (Å²) in [4.78, 5) is 16.1. The predicted octanol–water partition coefficient (Wildman–Crippen LogP) is 0.157. The average Bonchev–Trinajstić information content (AvgIpc) is 2.29. The van der Waals surface area contributed by atoms with Gasteiger partial charge in [0.2, 0.25) is 0 Å². The molecule has 2 rings (SSSR count). The molecule has 18 heavy (non-hydrogen) atoms. The van der Waals surface area contributed by atoms with Crippen LogP contribution in [-0.2, 0) is 5.11 Å². The zero-order chi connectivity index (χ0) is 13.3. The molecule has 0 bridgehead atoms. The molecular weight excluding hydrogens is 221 g/mol. The third-order valence-corrected chi connectivity index (χ3v) is 2.56. The third kappa shape index (κ3) is 2.58. The Morgan fingerprint density at radius 1 is 1.22 bits per heavy atom. The van der Waals surface area contributed by atoms with E-state index >= 15 is 0 Å². The van der Waals surface area contributed by atoms with Crippen molar-refractivity contribution in [2.75, 3.05) is 0 Å². The topological polar surface area (TPSA) is 34.9 Å². The Balaban J connectivity index is 2.48. The van der Waals surface area contributed by atoms with Gasteiger partial charge < -0.3 is 0 Å². The smallest absolute Gasteiger partial charge is 0.256 e. The highest BCUT2D eigenvalue weighted by Gasteiger charge is 2.13. The summed E-state index contributed by atoms with van der Waals surface area (Å²) in [6, 6.07) is 6.54. The lowest BCUT2D eigenvalue weighted by molar-refractivity contribution is 0.926. The van der Waals surface area contributed by atoms with Crippen LogP contribution in [0.5, 0.6) is 0 Å². The Labute approximate surface area is 109 Å². The number of pyridine rings is 2. The highest BCUT2D eigenvalue weighted by atomic mass is 16.1. The van der Waals surface area contributed by atoms with Crippen LogP contribution in [0.25, 0.3) is 5.82 Å². The molecule has 82 valence electrons. The summed E-state index contributed by atoms with van der Waals surface area (Å²) in [5.41, 5.74) is 1.11. The van der Waals surface area contributed by atoms with Crippen LogP contribution in [0.2, 0.25) is 0 Å². The van der Waals surface area contributed by atoms with Gasteiger partial charge in [-0.05, 0) is 24.6 Å². The lowest BCUT2D eigenvalue weighted by atomic mass is 9.40. The molecule has 0 aliphatic carbocycles. The molecular formula is C12H9B3N2O. The summed E-state index contributed by atoms with van der Waals surface area (Å²) in [6.07, 6.45) is 3.24. The first-order valence-electron chi connectivity index (χ1n) is 5.41. The van der Waals surface area contributed by atoms with E-state index in [-0.39, 0.29) is 5.56 Å². The molecule has 0 aliphatic rings. The van der Waals surface area contributed by atoms with Crippen LogP contribution in [0.1, 0.15) is 11.1 Å². The predicted molar refractivity (Wildman–Crippen MR) is 73.5 cm³/mol. The maximum Gasteiger partial charge on any atom is 0.256 e. The average molecular weight is 230 g/mol. The molecule has 0 fully saturated rings. The Kier molecular flexibility index (Phi) is 3.20. The number of hydrogen-bond donors (Lipinski definition) is 0. The molecule has 0 N–H and O–H groups in total. The summed E-state index contributed by atoms with van der Waals surface area (Å²) >= 11 is 0. The molecule has 2 aromatic heterocycles. The molecule has 2 heterocycles. The van der Waals surface area contributed by atoms with Gasteiger partial charge in [-0.2, -0.15) is 0 Å². The first-order valence-corrected chi connectivity index (χ1v) is 5.41. The fourth-order valence-electron chi connectivity index (χ4n) is 1.54. The van der Waals surface area contributed by atoms with E-state index in [9.17, 15) is 4.79 Å². The van der Waals surface area contributed by atoms with Gasteiger partial charge in [-0.25, -0.2) is 4.98 Å². The third-order valence-electron chi connectivity index (χ3n) is 2.56. The minimum absolute atomic E-state index is 0.283. The standard InChI is InChI=1S/C12H9B3N2O/c1-8-2-3-10(16-7-8)17-5-4-9(6-11(17)18)12(13,14)15/h2-7H,1H3. The molecule has 0 unspecified atom stereocenters. The van der Waals surface area contributed by atoms with Gasteiger partial charge in [-0.15, -0.1) is 5.11 Å². The summed E-state index contributed by atoms with van der Waals surface area (Å²) in [5.74, 6) is 0.536. The highest BCUT2D eigenvalue weighted by Crippen LogP contribution is 2.11. The molecule has 6 radical (unpaired) electrons. The van der Waals surface area contributed by atoms with Crippen molar-refractivity contribution in [3.8, 4) is 5.82 Å². The molecule has 6 heteroatoms. The van der Waals surface area contributed by atoms with Gasteiger partial charge in [0.25, 0.3) is 5.56 Å². The van der Waals surface area contributed by atoms with Gasteiger partial charge in [0.15, 0.2) is 0 Å². The van der Waals surface area contributed by atoms with Gasteiger partial charge in [0.1, 0.15) is 5.82 Å². The van der Waals surface area contributed by atoms with Crippen molar-refractivity contribution in [2.24, 2.45) is 0 Å².